The Balaban J connectivity index is 1.33. The average Bonchev–Trinajstić information content (AvgIpc) is 1.66. The number of ether oxygens (including phenoxy) is 1. The number of fused-ring (bicyclic) bond motifs is 3. The first-order valence-corrected chi connectivity index (χ1v) is 33.8. The van der Waals surface area contributed by atoms with Crippen molar-refractivity contribution in [1.29, 1.82) is 5.26 Å². The van der Waals surface area contributed by atoms with Gasteiger partial charge >= 0.3 is 0 Å². The highest BCUT2D eigenvalue weighted by Gasteiger charge is 2.23. The number of aryl methyl sites for hydroxylation is 1. The number of thioether (sulfide) groups is 2. The quantitative estimate of drug-likeness (QED) is 0.0115. The molecule has 2 amide bonds. The average molecular weight is 1330 g/mol. The predicted octanol–water partition coefficient (Wildman–Crippen LogP) is 12.6. The minimum absolute atomic E-state index is 0.000719. The van der Waals surface area contributed by atoms with Crippen LogP contribution in [0.25, 0.3) is 16.7 Å². The number of nitrogens with zero attached hydrogens (tertiary/aromatic N) is 11. The number of aromatic nitrogens is 2. The SMILES string of the molecule is CC(=O)Nc1cc(N=Nc2cc(OCCCS(=O)(=O)O)c(N=Nc3c(C)c(C#N)c4nc5ccccc5n4c3O)cc2C)c(SCCCS(=O)(=O)O)cc1N=Nc1cc(NC(C)=O)c(N=Nc2ccc(Cl)cc2S(=O)(=O)O)cc1SCCCS(=O)(=O)O. The van der Waals surface area contributed by atoms with Crippen molar-refractivity contribution < 1.29 is 71.3 Å². The van der Waals surface area contributed by atoms with Gasteiger partial charge in [0.2, 0.25) is 17.7 Å². The maximum Gasteiger partial charge on any atom is 0.296 e. The number of anilines is 2. The number of carbonyl (C=O) groups excluding carboxylic acids is 2. The Kier molecular flexibility index (Phi) is 21.7. The van der Waals surface area contributed by atoms with Crippen molar-refractivity contribution in [1.82, 2.24) is 9.38 Å². The van der Waals surface area contributed by atoms with Crippen molar-refractivity contribution in [2.45, 2.75) is 61.6 Å². The second-order valence-electron chi connectivity index (χ2n) is 18.5. The highest BCUT2D eigenvalue weighted by atomic mass is 35.5. The third kappa shape index (κ3) is 18.6. The molecule has 0 radical (unpaired) electrons. The van der Waals surface area contributed by atoms with Crippen molar-refractivity contribution in [3.05, 3.63) is 101 Å². The van der Waals surface area contributed by atoms with Crippen molar-refractivity contribution in [2.24, 2.45) is 40.9 Å². The molecule has 5 aromatic carbocycles. The van der Waals surface area contributed by atoms with Gasteiger partial charge in [-0.15, -0.1) is 59.3 Å². The first-order chi connectivity index (χ1) is 40.9. The number of benzene rings is 5. The maximum atomic E-state index is 12.8. The zero-order valence-electron chi connectivity index (χ0n) is 45.8. The number of nitrogens with one attached hydrogen (secondary N) is 2. The van der Waals surface area contributed by atoms with E-state index in [4.69, 9.17) is 16.3 Å². The summed E-state index contributed by atoms with van der Waals surface area (Å²) in [5, 5.41) is 61.7. The Morgan fingerprint density at radius 2 is 1.15 bits per heavy atom. The van der Waals surface area contributed by atoms with Gasteiger partial charge in [0.15, 0.2) is 11.3 Å². The zero-order chi connectivity index (χ0) is 63.6. The summed E-state index contributed by atoms with van der Waals surface area (Å²) in [6.45, 7) is 5.27. The Bertz CT molecular complexity index is 4520. The summed E-state index contributed by atoms with van der Waals surface area (Å²) in [6, 6.07) is 20.7. The van der Waals surface area contributed by atoms with E-state index in [1.165, 1.54) is 60.7 Å². The minimum Gasteiger partial charge on any atom is -0.493 e. The molecule has 2 heterocycles. The lowest BCUT2D eigenvalue weighted by atomic mass is 10.1. The number of para-hydroxylation sites is 2. The third-order valence-electron chi connectivity index (χ3n) is 11.8. The van der Waals surface area contributed by atoms with Crippen LogP contribution < -0.4 is 15.4 Å². The molecule has 0 bridgehead atoms. The molecule has 0 aliphatic carbocycles. The van der Waals surface area contributed by atoms with Gasteiger partial charge in [0, 0.05) is 40.3 Å². The maximum absolute atomic E-state index is 12.8. The van der Waals surface area contributed by atoms with Gasteiger partial charge < -0.3 is 20.5 Å². The fourth-order valence-corrected chi connectivity index (χ4v) is 12.6. The first-order valence-electron chi connectivity index (χ1n) is 25.1. The van der Waals surface area contributed by atoms with Gasteiger partial charge in [-0.2, -0.15) is 44.0 Å². The number of carbonyl (C=O) groups is 2. The largest absolute Gasteiger partial charge is 0.493 e. The van der Waals surface area contributed by atoms with Gasteiger partial charge in [-0.05, 0) is 111 Å². The van der Waals surface area contributed by atoms with E-state index in [1.54, 1.807) is 38.1 Å². The van der Waals surface area contributed by atoms with Crippen LogP contribution in [0.15, 0.2) is 134 Å². The van der Waals surface area contributed by atoms with Crippen molar-refractivity contribution in [3.63, 3.8) is 0 Å². The summed E-state index contributed by atoms with van der Waals surface area (Å²) in [5.74, 6) is -3.43. The summed E-state index contributed by atoms with van der Waals surface area (Å²) in [5.41, 5.74) is 1.52. The number of aromatic hydroxyl groups is 1. The molecule has 0 saturated carbocycles. The smallest absolute Gasteiger partial charge is 0.296 e. The van der Waals surface area contributed by atoms with Gasteiger partial charge in [0.1, 0.15) is 56.4 Å². The predicted molar refractivity (Wildman–Crippen MR) is 324 cm³/mol. The van der Waals surface area contributed by atoms with Crippen LogP contribution >= 0.6 is 35.1 Å². The topological polar surface area (TPSA) is 445 Å². The molecule has 2 aromatic heterocycles. The molecule has 0 aliphatic rings. The Morgan fingerprint density at radius 3 is 1.68 bits per heavy atom. The van der Waals surface area contributed by atoms with Gasteiger partial charge in [0.25, 0.3) is 40.5 Å². The third-order valence-corrected chi connectivity index (χ3v) is 17.6. The number of nitriles is 1. The van der Waals surface area contributed by atoms with Crippen molar-refractivity contribution in [3.8, 4) is 17.7 Å². The molecular weight excluding hydrogens is 1280 g/mol. The summed E-state index contributed by atoms with van der Waals surface area (Å²) in [6.07, 6.45) is -0.322. The van der Waals surface area contributed by atoms with Gasteiger partial charge in [-0.1, -0.05) is 23.7 Å². The molecule has 0 unspecified atom stereocenters. The van der Waals surface area contributed by atoms with E-state index in [2.05, 4.69) is 62.6 Å². The van der Waals surface area contributed by atoms with E-state index in [9.17, 15) is 71.8 Å². The van der Waals surface area contributed by atoms with Crippen molar-refractivity contribution >= 4 is 161 Å². The number of amides is 2. The molecule has 7 aromatic rings. The van der Waals surface area contributed by atoms with Gasteiger partial charge in [-0.3, -0.25) is 32.2 Å². The molecule has 0 atom stereocenters. The van der Waals surface area contributed by atoms with Crippen molar-refractivity contribution in [2.75, 3.05) is 46.0 Å². The Labute approximate surface area is 510 Å². The van der Waals surface area contributed by atoms with E-state index in [-0.39, 0.29) is 137 Å². The lowest BCUT2D eigenvalue weighted by Crippen LogP contribution is -2.08. The molecule has 7 rings (SSSR count). The molecule has 458 valence electrons. The van der Waals surface area contributed by atoms with Crippen LogP contribution in [-0.4, -0.2) is 114 Å². The number of pyridine rings is 1. The first kappa shape index (κ1) is 66.6. The van der Waals surface area contributed by atoms with Crippen LogP contribution in [0, 0.1) is 25.2 Å². The van der Waals surface area contributed by atoms with Crippen LogP contribution in [-0.2, 0) is 50.1 Å². The number of halogens is 1. The lowest BCUT2D eigenvalue weighted by Gasteiger charge is -2.13. The standard InChI is InChI=1S/C51H50ClN13O16S6/c1-28-20-41(61-64-49-29(2)33(27-53)50-56-34-10-5-6-11-44(34)65(50)51(49)68)45(81-14-7-17-84(69,70)71)24-36(28)58-62-42-22-38(55-31(4)67)40(26-46(42)82-15-8-18-85(72,73)74)60-63-43-23-37(54-30(3)66)39(25-47(43)83-16-9-19-86(75,76)77)59-57-35-13-12-32(52)21-48(35)87(78,79)80/h5-6,10-13,20-26,68H,7-9,14-19H2,1-4H3,(H,54,66)(H,55,67)(H,69,70,71)(H,72,73,74)(H,75,76,77)(H,78,79,80). The van der Waals surface area contributed by atoms with Crippen LogP contribution in [0.3, 0.4) is 0 Å². The van der Waals surface area contributed by atoms with Gasteiger partial charge in [-0.25, -0.2) is 4.98 Å². The molecule has 36 heteroatoms. The number of azo groups is 4. The molecule has 0 saturated heterocycles. The van der Waals surface area contributed by atoms with Gasteiger partial charge in [0.05, 0.1) is 52.0 Å². The summed E-state index contributed by atoms with van der Waals surface area (Å²) in [7, 11) is -18.0. The van der Waals surface area contributed by atoms with Crippen LogP contribution in [0.1, 0.15) is 49.8 Å². The molecular formula is C51H50ClN13O16S6. The molecule has 87 heavy (non-hydrogen) atoms. The van der Waals surface area contributed by atoms with E-state index < -0.39 is 74.4 Å². The number of rotatable bonds is 26. The van der Waals surface area contributed by atoms with E-state index in [0.29, 0.717) is 16.6 Å². The normalized spacial score (nSPS) is 12.6. The second-order valence-corrected chi connectivity index (χ2v) is 27.4. The number of imidazole rings is 1. The van der Waals surface area contributed by atoms with Crippen LogP contribution in [0.5, 0.6) is 11.6 Å². The summed E-state index contributed by atoms with van der Waals surface area (Å²) < 4.78 is 140. The van der Waals surface area contributed by atoms with E-state index in [0.717, 1.165) is 35.7 Å². The molecule has 29 nitrogen and oxygen atoms in total. The fraction of sp³-hybridized carbons (Fsp3) is 0.255. The number of hydrogen-bond donors (Lipinski definition) is 7. The Morgan fingerprint density at radius 1 is 0.644 bits per heavy atom. The monoisotopic (exact) mass is 1330 g/mol. The van der Waals surface area contributed by atoms with Crippen LogP contribution in [0.4, 0.5) is 56.9 Å². The highest BCUT2D eigenvalue weighted by Crippen LogP contribution is 2.46. The second kappa shape index (κ2) is 28.3. The van der Waals surface area contributed by atoms with E-state index >= 15 is 0 Å². The zero-order valence-corrected chi connectivity index (χ0v) is 51.5. The lowest BCUT2D eigenvalue weighted by molar-refractivity contribution is -0.115. The molecule has 0 spiro atoms. The molecule has 7 N–H and O–H groups in total. The van der Waals surface area contributed by atoms with E-state index in [1.807, 2.05) is 0 Å². The highest BCUT2D eigenvalue weighted by molar-refractivity contribution is 7.99. The summed E-state index contributed by atoms with van der Waals surface area (Å²) >= 11 is 8.03. The molecule has 0 aliphatic heterocycles. The Hall–Kier alpha value is -7.89. The summed E-state index contributed by atoms with van der Waals surface area (Å²) in [4.78, 5) is 29.7. The molecule has 0 fully saturated rings. The fourth-order valence-electron chi connectivity index (χ4n) is 7.91. The number of hydrogen-bond acceptors (Lipinski definition) is 24. The van der Waals surface area contributed by atoms with Crippen LogP contribution in [0.2, 0.25) is 5.02 Å². The minimum atomic E-state index is -4.87.